The molecule has 0 fully saturated rings. The van der Waals surface area contributed by atoms with Crippen LogP contribution < -0.4 is 10.3 Å². The minimum absolute atomic E-state index is 0.216. The summed E-state index contributed by atoms with van der Waals surface area (Å²) in [5.41, 5.74) is 1.67. The highest BCUT2D eigenvalue weighted by Crippen LogP contribution is 2.28. The van der Waals surface area contributed by atoms with E-state index in [-0.39, 0.29) is 17.7 Å². The van der Waals surface area contributed by atoms with Gasteiger partial charge in [0.2, 0.25) is 0 Å². The van der Waals surface area contributed by atoms with Gasteiger partial charge < -0.3 is 9.84 Å². The van der Waals surface area contributed by atoms with Crippen LogP contribution in [0.5, 0.6) is 5.75 Å². The SMILES string of the molecule is CC(C)(C)c1nc2ccc(Br)cc2c(=O)n1N=Cc1c(OCc2ccc(C(=O)O)cc2)ccc2ccccc12. The van der Waals surface area contributed by atoms with Crippen LogP contribution in [0.15, 0.2) is 93.2 Å². The molecule has 0 aliphatic rings. The average molecular weight is 584 g/mol. The second-order valence-corrected chi connectivity index (χ2v) is 11.1. The Labute approximate surface area is 233 Å². The van der Waals surface area contributed by atoms with Crippen molar-refractivity contribution in [2.75, 3.05) is 0 Å². The highest BCUT2D eigenvalue weighted by atomic mass is 79.9. The number of fused-ring (bicyclic) bond motifs is 2. The number of halogens is 1. The quantitative estimate of drug-likeness (QED) is 0.223. The van der Waals surface area contributed by atoms with Gasteiger partial charge in [-0.2, -0.15) is 9.78 Å². The van der Waals surface area contributed by atoms with Crippen LogP contribution >= 0.6 is 15.9 Å². The van der Waals surface area contributed by atoms with E-state index in [9.17, 15) is 9.59 Å². The summed E-state index contributed by atoms with van der Waals surface area (Å²) in [7, 11) is 0. The lowest BCUT2D eigenvalue weighted by molar-refractivity contribution is 0.0697. The third-order valence-corrected chi connectivity index (χ3v) is 6.80. The van der Waals surface area contributed by atoms with Gasteiger partial charge in [0.15, 0.2) is 0 Å². The summed E-state index contributed by atoms with van der Waals surface area (Å²) in [5, 5.41) is 16.2. The Morgan fingerprint density at radius 3 is 2.49 bits per heavy atom. The molecule has 0 unspecified atom stereocenters. The van der Waals surface area contributed by atoms with Gasteiger partial charge in [-0.3, -0.25) is 4.79 Å². The van der Waals surface area contributed by atoms with Gasteiger partial charge in [0.1, 0.15) is 18.2 Å². The lowest BCUT2D eigenvalue weighted by Crippen LogP contribution is -2.29. The van der Waals surface area contributed by atoms with Crippen LogP contribution in [0.4, 0.5) is 0 Å². The van der Waals surface area contributed by atoms with Gasteiger partial charge in [0.25, 0.3) is 5.56 Å². The minimum Gasteiger partial charge on any atom is -0.488 e. The second-order valence-electron chi connectivity index (χ2n) is 10.2. The molecule has 1 aromatic heterocycles. The fourth-order valence-corrected chi connectivity index (χ4v) is 4.66. The lowest BCUT2D eigenvalue weighted by atomic mass is 9.95. The van der Waals surface area contributed by atoms with Gasteiger partial charge in [0.05, 0.1) is 22.7 Å². The number of rotatable bonds is 6. The first-order valence-electron chi connectivity index (χ1n) is 12.4. The zero-order valence-electron chi connectivity index (χ0n) is 21.7. The molecule has 0 bridgehead atoms. The van der Waals surface area contributed by atoms with E-state index in [1.165, 1.54) is 4.68 Å². The molecule has 0 saturated carbocycles. The molecule has 8 heteroatoms. The van der Waals surface area contributed by atoms with Gasteiger partial charge in [-0.15, -0.1) is 0 Å². The van der Waals surface area contributed by atoms with Crippen molar-refractivity contribution in [1.29, 1.82) is 0 Å². The summed E-state index contributed by atoms with van der Waals surface area (Å²) in [6.07, 6.45) is 1.65. The Balaban J connectivity index is 1.60. The van der Waals surface area contributed by atoms with E-state index in [4.69, 9.17) is 14.8 Å². The number of benzene rings is 4. The number of hydrogen-bond acceptors (Lipinski definition) is 5. The zero-order chi connectivity index (χ0) is 27.7. The molecular formula is C31H26BrN3O4. The van der Waals surface area contributed by atoms with Gasteiger partial charge in [-0.25, -0.2) is 9.78 Å². The predicted molar refractivity (Wildman–Crippen MR) is 157 cm³/mol. The van der Waals surface area contributed by atoms with E-state index in [1.54, 1.807) is 36.5 Å². The number of carbonyl (C=O) groups is 1. The summed E-state index contributed by atoms with van der Waals surface area (Å²) < 4.78 is 8.34. The predicted octanol–water partition coefficient (Wildman–Crippen LogP) is 6.77. The molecule has 1 heterocycles. The summed E-state index contributed by atoms with van der Waals surface area (Å²) in [6, 6.07) is 23.7. The monoisotopic (exact) mass is 583 g/mol. The molecule has 7 nitrogen and oxygen atoms in total. The highest BCUT2D eigenvalue weighted by molar-refractivity contribution is 9.10. The average Bonchev–Trinajstić information content (AvgIpc) is 2.91. The van der Waals surface area contributed by atoms with Gasteiger partial charge in [-0.1, -0.05) is 79.2 Å². The molecule has 4 aromatic carbocycles. The van der Waals surface area contributed by atoms with E-state index in [2.05, 4.69) is 21.0 Å². The minimum atomic E-state index is -0.976. The van der Waals surface area contributed by atoms with Crippen LogP contribution in [-0.4, -0.2) is 27.0 Å². The number of carboxylic acid groups (broad SMARTS) is 1. The van der Waals surface area contributed by atoms with Gasteiger partial charge >= 0.3 is 5.97 Å². The van der Waals surface area contributed by atoms with E-state index in [0.717, 1.165) is 26.4 Å². The summed E-state index contributed by atoms with van der Waals surface area (Å²) in [4.78, 5) is 29.6. The maximum absolute atomic E-state index is 13.6. The molecule has 39 heavy (non-hydrogen) atoms. The van der Waals surface area contributed by atoms with Crippen LogP contribution in [0.2, 0.25) is 0 Å². The first-order valence-corrected chi connectivity index (χ1v) is 13.1. The van der Waals surface area contributed by atoms with Crippen molar-refractivity contribution in [2.24, 2.45) is 5.10 Å². The first kappa shape index (κ1) is 26.3. The van der Waals surface area contributed by atoms with Crippen LogP contribution in [0.1, 0.15) is 48.1 Å². The third kappa shape index (κ3) is 5.47. The molecule has 196 valence electrons. The number of carboxylic acids is 1. The van der Waals surface area contributed by atoms with Crippen molar-refractivity contribution in [1.82, 2.24) is 9.66 Å². The van der Waals surface area contributed by atoms with Crippen molar-refractivity contribution in [2.45, 2.75) is 32.8 Å². The Morgan fingerprint density at radius 1 is 1.03 bits per heavy atom. The van der Waals surface area contributed by atoms with E-state index in [1.807, 2.05) is 69.3 Å². The Bertz CT molecular complexity index is 1800. The van der Waals surface area contributed by atoms with Crippen LogP contribution in [0, 0.1) is 0 Å². The van der Waals surface area contributed by atoms with Gasteiger partial charge in [-0.05, 0) is 52.7 Å². The van der Waals surface area contributed by atoms with E-state index in [0.29, 0.717) is 22.5 Å². The zero-order valence-corrected chi connectivity index (χ0v) is 23.3. The molecule has 0 aliphatic carbocycles. The standard InChI is InChI=1S/C31H26BrN3O4/c1-31(2,3)30-34-26-14-13-22(32)16-24(26)28(36)35(30)33-17-25-23-7-5-4-6-20(23)12-15-27(25)39-18-19-8-10-21(11-9-19)29(37)38/h4-17H,18H2,1-3H3,(H,37,38). The molecule has 5 aromatic rings. The highest BCUT2D eigenvalue weighted by Gasteiger charge is 2.23. The fraction of sp³-hybridized carbons (Fsp3) is 0.161. The van der Waals surface area contributed by atoms with Crippen molar-refractivity contribution >= 4 is 49.8 Å². The molecule has 5 rings (SSSR count). The smallest absolute Gasteiger partial charge is 0.335 e. The summed E-state index contributed by atoms with van der Waals surface area (Å²) >= 11 is 3.45. The van der Waals surface area contributed by atoms with Crippen molar-refractivity contribution < 1.29 is 14.6 Å². The first-order chi connectivity index (χ1) is 18.6. The maximum atomic E-state index is 13.6. The van der Waals surface area contributed by atoms with Crippen molar-refractivity contribution in [3.8, 4) is 5.75 Å². The van der Waals surface area contributed by atoms with E-state index >= 15 is 0 Å². The molecular weight excluding hydrogens is 558 g/mol. The van der Waals surface area contributed by atoms with Crippen molar-refractivity contribution in [3.05, 3.63) is 116 Å². The Morgan fingerprint density at radius 2 is 1.77 bits per heavy atom. The molecule has 0 spiro atoms. The molecule has 1 N–H and O–H groups in total. The number of nitrogens with zero attached hydrogens (tertiary/aromatic N) is 3. The third-order valence-electron chi connectivity index (χ3n) is 6.31. The van der Waals surface area contributed by atoms with Crippen LogP contribution in [0.3, 0.4) is 0 Å². The maximum Gasteiger partial charge on any atom is 0.335 e. The topological polar surface area (TPSA) is 93.8 Å². The normalized spacial score (nSPS) is 11.9. The number of aromatic carboxylic acids is 1. The molecule has 0 saturated heterocycles. The van der Waals surface area contributed by atoms with E-state index < -0.39 is 11.4 Å². The fourth-order valence-electron chi connectivity index (χ4n) is 4.30. The molecule has 0 atom stereocenters. The molecule has 0 radical (unpaired) electrons. The van der Waals surface area contributed by atoms with Gasteiger partial charge in [0, 0.05) is 15.5 Å². The van der Waals surface area contributed by atoms with Crippen molar-refractivity contribution in [3.63, 3.8) is 0 Å². The number of aromatic nitrogens is 2. The molecule has 0 amide bonds. The Hall–Kier alpha value is -4.30. The Kier molecular flexibility index (Phi) is 7.06. The number of ether oxygens (including phenoxy) is 1. The summed E-state index contributed by atoms with van der Waals surface area (Å²) in [5.74, 6) is 0.150. The number of hydrogen-bond donors (Lipinski definition) is 1. The van der Waals surface area contributed by atoms with Crippen LogP contribution in [0.25, 0.3) is 21.7 Å². The summed E-state index contributed by atoms with van der Waals surface area (Å²) in [6.45, 7) is 6.21. The second kappa shape index (κ2) is 10.5. The lowest BCUT2D eigenvalue weighted by Gasteiger charge is -2.21. The largest absolute Gasteiger partial charge is 0.488 e. The molecule has 0 aliphatic heterocycles. The van der Waals surface area contributed by atoms with Crippen LogP contribution in [-0.2, 0) is 12.0 Å².